The fraction of sp³-hybridized carbons (Fsp3) is 0.375. The molecule has 1 heterocycles. The van der Waals surface area contributed by atoms with Crippen LogP contribution < -0.4 is 14.8 Å². The molecule has 0 aliphatic carbocycles. The molecule has 1 unspecified atom stereocenters. The van der Waals surface area contributed by atoms with Crippen LogP contribution in [0, 0.1) is 6.92 Å². The Kier molecular flexibility index (Phi) is 9.27. The molecule has 0 aliphatic heterocycles. The molecular formula is C32H39N5O4. The molecule has 0 radical (unpaired) electrons. The van der Waals surface area contributed by atoms with E-state index in [1.165, 1.54) is 0 Å². The number of aromatic nitrogens is 3. The molecule has 4 aromatic rings. The molecule has 9 heteroatoms. The molecule has 3 aromatic carbocycles. The maximum atomic E-state index is 14.2. The first-order valence-corrected chi connectivity index (χ1v) is 13.8. The fourth-order valence-electron chi connectivity index (χ4n) is 4.77. The van der Waals surface area contributed by atoms with Crippen molar-refractivity contribution in [2.75, 3.05) is 20.8 Å². The number of fused-ring (bicyclic) bond motifs is 1. The average Bonchev–Trinajstić information content (AvgIpc) is 3.37. The SMILES string of the molecule is CCC(C)(C)NC(=O)C(c1ccc(OC)c(OC)c1)N(CCc1ccccc1C)C(=O)Cn1nnc2ccccc21. The first-order chi connectivity index (χ1) is 19.7. The van der Waals surface area contributed by atoms with Gasteiger partial charge < -0.3 is 19.7 Å². The predicted octanol–water partition coefficient (Wildman–Crippen LogP) is 4.87. The van der Waals surface area contributed by atoms with Gasteiger partial charge in [-0.1, -0.05) is 54.6 Å². The number of carbonyl (C=O) groups excluding carboxylic acids is 2. The van der Waals surface area contributed by atoms with Gasteiger partial charge in [0.2, 0.25) is 11.8 Å². The number of nitrogens with one attached hydrogen (secondary N) is 1. The minimum atomic E-state index is -0.924. The van der Waals surface area contributed by atoms with Gasteiger partial charge in [0.25, 0.3) is 0 Å². The zero-order valence-electron chi connectivity index (χ0n) is 24.7. The van der Waals surface area contributed by atoms with Crippen LogP contribution in [-0.4, -0.2) is 58.0 Å². The lowest BCUT2D eigenvalue weighted by atomic mass is 9.97. The summed E-state index contributed by atoms with van der Waals surface area (Å²) in [5.74, 6) is 0.492. The number of methoxy groups -OCH3 is 2. The van der Waals surface area contributed by atoms with Crippen LogP contribution in [-0.2, 0) is 22.6 Å². The van der Waals surface area contributed by atoms with E-state index in [2.05, 4.69) is 21.7 Å². The van der Waals surface area contributed by atoms with Gasteiger partial charge in [-0.3, -0.25) is 9.59 Å². The van der Waals surface area contributed by atoms with Crippen molar-refractivity contribution in [3.63, 3.8) is 0 Å². The van der Waals surface area contributed by atoms with Crippen molar-refractivity contribution in [3.05, 3.63) is 83.4 Å². The predicted molar refractivity (Wildman–Crippen MR) is 159 cm³/mol. The first kappa shape index (κ1) is 29.6. The van der Waals surface area contributed by atoms with Crippen LogP contribution in [0.25, 0.3) is 11.0 Å². The number of benzene rings is 3. The highest BCUT2D eigenvalue weighted by Gasteiger charge is 2.34. The molecule has 0 spiro atoms. The summed E-state index contributed by atoms with van der Waals surface area (Å²) in [4.78, 5) is 29.9. The highest BCUT2D eigenvalue weighted by molar-refractivity contribution is 5.90. The maximum absolute atomic E-state index is 14.2. The van der Waals surface area contributed by atoms with Gasteiger partial charge in [-0.25, -0.2) is 4.68 Å². The summed E-state index contributed by atoms with van der Waals surface area (Å²) >= 11 is 0. The Morgan fingerprint density at radius 2 is 1.71 bits per heavy atom. The number of hydrogen-bond donors (Lipinski definition) is 1. The Morgan fingerprint density at radius 1 is 1.00 bits per heavy atom. The summed E-state index contributed by atoms with van der Waals surface area (Å²) in [6, 6.07) is 20.0. The van der Waals surface area contributed by atoms with E-state index in [-0.39, 0.29) is 18.4 Å². The van der Waals surface area contributed by atoms with Crippen molar-refractivity contribution >= 4 is 22.8 Å². The van der Waals surface area contributed by atoms with Crippen LogP contribution in [0.3, 0.4) is 0 Å². The topological polar surface area (TPSA) is 98.6 Å². The van der Waals surface area contributed by atoms with Crippen molar-refractivity contribution in [2.24, 2.45) is 0 Å². The third-order valence-corrected chi connectivity index (χ3v) is 7.54. The van der Waals surface area contributed by atoms with Crippen molar-refractivity contribution in [2.45, 2.75) is 58.7 Å². The molecule has 0 saturated heterocycles. The molecule has 41 heavy (non-hydrogen) atoms. The largest absolute Gasteiger partial charge is 0.493 e. The highest BCUT2D eigenvalue weighted by Crippen LogP contribution is 2.33. The van der Waals surface area contributed by atoms with Gasteiger partial charge in [0.05, 0.1) is 19.7 Å². The number of nitrogens with zero attached hydrogens (tertiary/aromatic N) is 4. The number of aryl methyl sites for hydroxylation is 1. The number of rotatable bonds is 12. The number of carbonyl (C=O) groups is 2. The maximum Gasteiger partial charge on any atom is 0.247 e. The van der Waals surface area contributed by atoms with E-state index >= 15 is 0 Å². The molecule has 9 nitrogen and oxygen atoms in total. The molecule has 0 aliphatic rings. The van der Waals surface area contributed by atoms with Gasteiger partial charge in [-0.2, -0.15) is 0 Å². The van der Waals surface area contributed by atoms with E-state index < -0.39 is 11.6 Å². The van der Waals surface area contributed by atoms with Crippen molar-refractivity contribution in [3.8, 4) is 11.5 Å². The highest BCUT2D eigenvalue weighted by atomic mass is 16.5. The third-order valence-electron chi connectivity index (χ3n) is 7.54. The zero-order valence-corrected chi connectivity index (χ0v) is 24.7. The second-order valence-corrected chi connectivity index (χ2v) is 10.7. The average molecular weight is 558 g/mol. The van der Waals surface area contributed by atoms with Gasteiger partial charge in [0.1, 0.15) is 18.1 Å². The minimum Gasteiger partial charge on any atom is -0.493 e. The standard InChI is InChI=1S/C32H39N5O4/c1-7-32(3,4)33-31(39)30(24-16-17-27(40-5)28(20-24)41-6)36(19-18-23-13-9-8-12-22(23)2)29(38)21-37-26-15-11-10-14-25(26)34-35-37/h8-17,20,30H,7,18-19,21H2,1-6H3,(H,33,39). The summed E-state index contributed by atoms with van der Waals surface area (Å²) in [6.07, 6.45) is 1.30. The molecule has 0 fully saturated rings. The quantitative estimate of drug-likeness (QED) is 0.267. The van der Waals surface area contributed by atoms with Gasteiger partial charge >= 0.3 is 0 Å². The van der Waals surface area contributed by atoms with E-state index in [0.29, 0.717) is 35.5 Å². The molecule has 0 saturated carbocycles. The Morgan fingerprint density at radius 3 is 2.41 bits per heavy atom. The van der Waals surface area contributed by atoms with Gasteiger partial charge in [-0.15, -0.1) is 5.10 Å². The summed E-state index contributed by atoms with van der Waals surface area (Å²) < 4.78 is 12.6. The van der Waals surface area contributed by atoms with Crippen LogP contribution in [0.5, 0.6) is 11.5 Å². The third kappa shape index (κ3) is 6.85. The Balaban J connectivity index is 1.79. The number of para-hydroxylation sites is 1. The van der Waals surface area contributed by atoms with Gasteiger partial charge in [0, 0.05) is 12.1 Å². The first-order valence-electron chi connectivity index (χ1n) is 13.8. The molecule has 1 N–H and O–H groups in total. The molecule has 2 amide bonds. The summed E-state index contributed by atoms with van der Waals surface area (Å²) in [7, 11) is 3.11. The molecule has 0 bridgehead atoms. The summed E-state index contributed by atoms with van der Waals surface area (Å²) in [5.41, 5.74) is 3.83. The van der Waals surface area contributed by atoms with E-state index in [1.54, 1.807) is 35.9 Å². The number of amides is 2. The lowest BCUT2D eigenvalue weighted by Crippen LogP contribution is -2.51. The summed E-state index contributed by atoms with van der Waals surface area (Å²) in [6.45, 7) is 8.25. The van der Waals surface area contributed by atoms with Crippen molar-refractivity contribution < 1.29 is 19.1 Å². The number of ether oxygens (including phenoxy) is 2. The Labute approximate surface area is 241 Å². The fourth-order valence-corrected chi connectivity index (χ4v) is 4.77. The minimum absolute atomic E-state index is 0.0669. The number of hydrogen-bond acceptors (Lipinski definition) is 6. The lowest BCUT2D eigenvalue weighted by Gasteiger charge is -2.35. The molecule has 1 aromatic heterocycles. The normalized spacial score (nSPS) is 12.1. The van der Waals surface area contributed by atoms with E-state index in [4.69, 9.17) is 9.47 Å². The van der Waals surface area contributed by atoms with Crippen molar-refractivity contribution in [1.82, 2.24) is 25.2 Å². The van der Waals surface area contributed by atoms with Crippen LogP contribution in [0.1, 0.15) is 49.9 Å². The van der Waals surface area contributed by atoms with Gasteiger partial charge in [0.15, 0.2) is 11.5 Å². The van der Waals surface area contributed by atoms with Gasteiger partial charge in [-0.05, 0) is 74.6 Å². The van der Waals surface area contributed by atoms with Crippen LogP contribution >= 0.6 is 0 Å². The Bertz CT molecular complexity index is 1510. The van der Waals surface area contributed by atoms with E-state index in [9.17, 15) is 9.59 Å². The van der Waals surface area contributed by atoms with Crippen LogP contribution in [0.4, 0.5) is 0 Å². The molecule has 216 valence electrons. The van der Waals surface area contributed by atoms with Crippen LogP contribution in [0.15, 0.2) is 66.7 Å². The zero-order chi connectivity index (χ0) is 29.6. The van der Waals surface area contributed by atoms with Crippen LogP contribution in [0.2, 0.25) is 0 Å². The lowest BCUT2D eigenvalue weighted by molar-refractivity contribution is -0.142. The van der Waals surface area contributed by atoms with Crippen molar-refractivity contribution in [1.29, 1.82) is 0 Å². The molecular weight excluding hydrogens is 518 g/mol. The second-order valence-electron chi connectivity index (χ2n) is 10.7. The van der Waals surface area contributed by atoms with E-state index in [1.807, 2.05) is 76.2 Å². The van der Waals surface area contributed by atoms with E-state index in [0.717, 1.165) is 23.1 Å². The second kappa shape index (κ2) is 12.8. The Hall–Kier alpha value is -4.40. The monoisotopic (exact) mass is 557 g/mol. The smallest absolute Gasteiger partial charge is 0.247 e. The molecule has 1 atom stereocenters. The summed E-state index contributed by atoms with van der Waals surface area (Å²) in [5, 5.41) is 11.6. The molecule has 4 rings (SSSR count).